The highest BCUT2D eigenvalue weighted by Gasteiger charge is 2.49. The molecule has 12 nitrogen and oxygen atoms in total. The molecule has 2 aliphatic rings. The Balaban J connectivity index is 2.03. The van der Waals surface area contributed by atoms with Crippen molar-refractivity contribution in [2.75, 3.05) is 13.2 Å². The standard InChI is InChI=1S/C25H33Cl2N5O7/c1-3-15-22(36)30-17(11-33)23(37)29-16(13-7-5-4-6-8-13)9-18(35)31-20(12(2)34)25(39)32-10-14(26)19(27)21(32)24(38)28-15/h4-8,12,14-17,19-21,33-34H,3,9-11H2,1-2H3,(H,28,38)(H,29,37)(H,30,36)(H,31,35)/t12-,14-,15+,16-,17+,19-,20+,21+/m1/s1. The first-order valence-electron chi connectivity index (χ1n) is 12.6. The minimum absolute atomic E-state index is 0.119. The average Bonchev–Trinajstić information content (AvgIpc) is 3.21. The fraction of sp³-hybridized carbons (Fsp3) is 0.560. The quantitative estimate of drug-likeness (QED) is 0.243. The van der Waals surface area contributed by atoms with Crippen molar-refractivity contribution < 1.29 is 34.2 Å². The molecule has 0 saturated carbocycles. The number of halogens is 2. The van der Waals surface area contributed by atoms with E-state index >= 15 is 0 Å². The zero-order valence-corrected chi connectivity index (χ0v) is 23.0. The van der Waals surface area contributed by atoms with Crippen molar-refractivity contribution in [2.24, 2.45) is 0 Å². The summed E-state index contributed by atoms with van der Waals surface area (Å²) >= 11 is 12.7. The van der Waals surface area contributed by atoms with E-state index in [4.69, 9.17) is 23.2 Å². The van der Waals surface area contributed by atoms with Gasteiger partial charge in [-0.05, 0) is 18.9 Å². The largest absolute Gasteiger partial charge is 0.394 e. The molecule has 214 valence electrons. The van der Waals surface area contributed by atoms with Crippen LogP contribution in [0.25, 0.3) is 0 Å². The molecule has 5 amide bonds. The monoisotopic (exact) mass is 585 g/mol. The van der Waals surface area contributed by atoms with Crippen molar-refractivity contribution in [3.05, 3.63) is 35.9 Å². The number of fused-ring (bicyclic) bond motifs is 1. The second-order valence-electron chi connectivity index (χ2n) is 9.57. The molecule has 6 N–H and O–H groups in total. The summed E-state index contributed by atoms with van der Waals surface area (Å²) in [6.07, 6.45) is -1.57. The van der Waals surface area contributed by atoms with Crippen molar-refractivity contribution in [1.29, 1.82) is 0 Å². The van der Waals surface area contributed by atoms with Gasteiger partial charge in [0, 0.05) is 6.54 Å². The van der Waals surface area contributed by atoms with E-state index in [1.165, 1.54) is 6.92 Å². The number of amides is 5. The summed E-state index contributed by atoms with van der Waals surface area (Å²) < 4.78 is 0. The molecule has 0 aliphatic carbocycles. The lowest BCUT2D eigenvalue weighted by atomic mass is 10.0. The van der Waals surface area contributed by atoms with Gasteiger partial charge in [-0.25, -0.2) is 0 Å². The molecule has 8 atom stereocenters. The molecule has 0 unspecified atom stereocenters. The number of alkyl halides is 2. The molecule has 2 fully saturated rings. The van der Waals surface area contributed by atoms with Crippen LogP contribution in [0.15, 0.2) is 30.3 Å². The van der Waals surface area contributed by atoms with Crippen molar-refractivity contribution in [1.82, 2.24) is 26.2 Å². The van der Waals surface area contributed by atoms with Gasteiger partial charge in [0.2, 0.25) is 29.5 Å². The Morgan fingerprint density at radius 2 is 1.56 bits per heavy atom. The Bertz CT molecular complexity index is 1080. The maximum Gasteiger partial charge on any atom is 0.248 e. The summed E-state index contributed by atoms with van der Waals surface area (Å²) in [5, 5.41) is 28.5. The van der Waals surface area contributed by atoms with Gasteiger partial charge in [0.1, 0.15) is 24.2 Å². The van der Waals surface area contributed by atoms with Gasteiger partial charge in [-0.2, -0.15) is 0 Å². The number of nitrogens with one attached hydrogen (secondary N) is 4. The van der Waals surface area contributed by atoms with Crippen molar-refractivity contribution >= 4 is 52.7 Å². The first kappa shape index (κ1) is 30.6. The molecular formula is C25H33Cl2N5O7. The Morgan fingerprint density at radius 3 is 2.15 bits per heavy atom. The highest BCUT2D eigenvalue weighted by Crippen LogP contribution is 2.29. The van der Waals surface area contributed by atoms with Gasteiger partial charge in [-0.3, -0.25) is 24.0 Å². The number of hydrogen-bond acceptors (Lipinski definition) is 7. The Kier molecular flexibility index (Phi) is 10.5. The van der Waals surface area contributed by atoms with Crippen LogP contribution in [0.3, 0.4) is 0 Å². The van der Waals surface area contributed by atoms with E-state index in [0.717, 1.165) is 4.90 Å². The third-order valence-electron chi connectivity index (χ3n) is 6.74. The van der Waals surface area contributed by atoms with Crippen LogP contribution >= 0.6 is 23.2 Å². The maximum absolute atomic E-state index is 13.5. The first-order valence-corrected chi connectivity index (χ1v) is 13.5. The lowest BCUT2D eigenvalue weighted by Crippen LogP contribution is -2.61. The highest BCUT2D eigenvalue weighted by molar-refractivity contribution is 6.32. The maximum atomic E-state index is 13.5. The van der Waals surface area contributed by atoms with Gasteiger partial charge < -0.3 is 36.4 Å². The van der Waals surface area contributed by atoms with Gasteiger partial charge in [0.15, 0.2) is 0 Å². The molecule has 1 aromatic rings. The molecule has 2 saturated heterocycles. The molecule has 3 rings (SSSR count). The molecule has 14 heteroatoms. The predicted octanol–water partition coefficient (Wildman–Crippen LogP) is -1.09. The molecule has 39 heavy (non-hydrogen) atoms. The first-order chi connectivity index (χ1) is 18.5. The van der Waals surface area contributed by atoms with Crippen LogP contribution in [0, 0.1) is 0 Å². The number of rotatable bonds is 4. The molecule has 2 aliphatic heterocycles. The van der Waals surface area contributed by atoms with Crippen LogP contribution in [0.5, 0.6) is 0 Å². The average molecular weight is 586 g/mol. The van der Waals surface area contributed by atoms with Crippen LogP contribution in [0.1, 0.15) is 38.3 Å². The highest BCUT2D eigenvalue weighted by atomic mass is 35.5. The lowest BCUT2D eigenvalue weighted by Gasteiger charge is -2.32. The number of carbonyl (C=O) groups excluding carboxylic acids is 5. The summed E-state index contributed by atoms with van der Waals surface area (Å²) in [6, 6.07) is 2.37. The minimum atomic E-state index is -1.45. The van der Waals surface area contributed by atoms with Gasteiger partial charge in [-0.1, -0.05) is 37.3 Å². The molecule has 0 spiro atoms. The summed E-state index contributed by atoms with van der Waals surface area (Å²) in [4.78, 5) is 67.0. The second kappa shape index (κ2) is 13.4. The van der Waals surface area contributed by atoms with Gasteiger partial charge >= 0.3 is 0 Å². The molecule has 0 bridgehead atoms. The van der Waals surface area contributed by atoms with E-state index in [1.807, 2.05) is 0 Å². The van der Waals surface area contributed by atoms with E-state index < -0.39 is 83.2 Å². The van der Waals surface area contributed by atoms with Crippen molar-refractivity contribution in [2.45, 2.75) is 73.8 Å². The molecular weight excluding hydrogens is 553 g/mol. The molecule has 0 radical (unpaired) electrons. The second-order valence-corrected chi connectivity index (χ2v) is 10.6. The molecule has 1 aromatic carbocycles. The predicted molar refractivity (Wildman–Crippen MR) is 142 cm³/mol. The van der Waals surface area contributed by atoms with E-state index in [-0.39, 0.29) is 19.4 Å². The van der Waals surface area contributed by atoms with E-state index in [1.54, 1.807) is 37.3 Å². The van der Waals surface area contributed by atoms with Crippen LogP contribution in [0.2, 0.25) is 0 Å². The van der Waals surface area contributed by atoms with E-state index in [9.17, 15) is 34.2 Å². The number of nitrogens with zero attached hydrogens (tertiary/aromatic N) is 1. The normalized spacial score (nSPS) is 32.0. The van der Waals surface area contributed by atoms with Gasteiger partial charge in [0.05, 0.1) is 35.9 Å². The smallest absolute Gasteiger partial charge is 0.248 e. The van der Waals surface area contributed by atoms with Crippen molar-refractivity contribution in [3.63, 3.8) is 0 Å². The van der Waals surface area contributed by atoms with Crippen molar-refractivity contribution in [3.8, 4) is 0 Å². The molecule has 2 heterocycles. The summed E-state index contributed by atoms with van der Waals surface area (Å²) in [6.45, 7) is 2.05. The Labute approximate surface area is 235 Å². The summed E-state index contributed by atoms with van der Waals surface area (Å²) in [5.41, 5.74) is 0.554. The van der Waals surface area contributed by atoms with Gasteiger partial charge in [-0.15, -0.1) is 23.2 Å². The Morgan fingerprint density at radius 1 is 0.949 bits per heavy atom. The third-order valence-corrected chi connectivity index (χ3v) is 7.82. The van der Waals surface area contributed by atoms with E-state index in [0.29, 0.717) is 5.56 Å². The van der Waals surface area contributed by atoms with E-state index in [2.05, 4.69) is 21.3 Å². The zero-order chi connectivity index (χ0) is 28.9. The van der Waals surface area contributed by atoms with Crippen LogP contribution in [0.4, 0.5) is 0 Å². The zero-order valence-electron chi connectivity index (χ0n) is 21.5. The number of benzene rings is 1. The minimum Gasteiger partial charge on any atom is -0.394 e. The number of aliphatic hydroxyl groups excluding tert-OH is 2. The van der Waals surface area contributed by atoms with Crippen LogP contribution < -0.4 is 21.3 Å². The Hall–Kier alpha value is -2.93. The topological polar surface area (TPSA) is 177 Å². The number of aliphatic hydroxyl groups is 2. The van der Waals surface area contributed by atoms with Gasteiger partial charge in [0.25, 0.3) is 0 Å². The third kappa shape index (κ3) is 7.18. The summed E-state index contributed by atoms with van der Waals surface area (Å²) in [5.74, 6) is -3.75. The van der Waals surface area contributed by atoms with Crippen LogP contribution in [-0.2, 0) is 24.0 Å². The number of carbonyl (C=O) groups is 5. The SMILES string of the molecule is CC[C@@H]1NC(=O)[C@@H]2[C@H](Cl)[C@H](Cl)CN2C(=O)[C@H]([C@@H](C)O)NC(=O)C[C@H](c2ccccc2)NC(=O)[C@H](CO)NC1=O. The fourth-order valence-electron chi connectivity index (χ4n) is 4.56. The molecule has 0 aromatic heterocycles. The fourth-order valence-corrected chi connectivity index (χ4v) is 5.17. The summed E-state index contributed by atoms with van der Waals surface area (Å²) in [7, 11) is 0. The van der Waals surface area contributed by atoms with Crippen LogP contribution in [-0.4, -0.2) is 98.8 Å². The number of hydrogen-bond donors (Lipinski definition) is 6. The lowest BCUT2D eigenvalue weighted by molar-refractivity contribution is -0.144.